The van der Waals surface area contributed by atoms with E-state index in [-0.39, 0.29) is 36.2 Å². The predicted octanol–water partition coefficient (Wildman–Crippen LogP) is 1.96. The molecule has 1 heterocycles. The number of hydrogen-bond donors (Lipinski definition) is 2. The number of ether oxygens (including phenoxy) is 1. The van der Waals surface area contributed by atoms with Crippen molar-refractivity contribution in [1.82, 2.24) is 4.90 Å². The number of amides is 2. The molecule has 2 aliphatic rings. The van der Waals surface area contributed by atoms with Gasteiger partial charge in [0, 0.05) is 36.3 Å². The summed E-state index contributed by atoms with van der Waals surface area (Å²) in [7, 11) is 0. The van der Waals surface area contributed by atoms with E-state index in [0.717, 1.165) is 24.8 Å². The minimum Gasteiger partial charge on any atom is -0.378 e. The van der Waals surface area contributed by atoms with Crippen molar-refractivity contribution in [3.05, 3.63) is 29.3 Å². The van der Waals surface area contributed by atoms with E-state index in [1.807, 2.05) is 19.1 Å². The van der Waals surface area contributed by atoms with Gasteiger partial charge < -0.3 is 20.7 Å². The molecule has 6 nitrogen and oxygen atoms in total. The lowest BCUT2D eigenvalue weighted by Gasteiger charge is -2.27. The number of nitrogens with one attached hydrogen (secondary N) is 1. The Bertz CT molecular complexity index is 632. The molecule has 1 aliphatic heterocycles. The molecule has 3 rings (SSSR count). The van der Waals surface area contributed by atoms with E-state index in [2.05, 4.69) is 5.32 Å². The maximum Gasteiger partial charge on any atom is 0.254 e. The van der Waals surface area contributed by atoms with Gasteiger partial charge in [0.1, 0.15) is 0 Å². The second-order valence-corrected chi connectivity index (χ2v) is 6.69. The predicted molar refractivity (Wildman–Crippen MR) is 99.1 cm³/mol. The Morgan fingerprint density at radius 2 is 1.96 bits per heavy atom. The lowest BCUT2D eigenvalue weighted by Crippen LogP contribution is -2.40. The maximum absolute atomic E-state index is 12.6. The zero-order valence-electron chi connectivity index (χ0n) is 14.5. The van der Waals surface area contributed by atoms with Gasteiger partial charge in [0.05, 0.1) is 13.2 Å². The Labute approximate surface area is 154 Å². The first-order valence-corrected chi connectivity index (χ1v) is 8.58. The number of carbonyl (C=O) groups excluding carboxylic acids is 2. The smallest absolute Gasteiger partial charge is 0.254 e. The van der Waals surface area contributed by atoms with Crippen LogP contribution in [0.25, 0.3) is 0 Å². The Balaban J connectivity index is 0.00000225. The molecule has 1 aromatic carbocycles. The van der Waals surface area contributed by atoms with Gasteiger partial charge in [-0.15, -0.1) is 12.4 Å². The summed E-state index contributed by atoms with van der Waals surface area (Å²) >= 11 is 0. The first kappa shape index (κ1) is 19.7. The van der Waals surface area contributed by atoms with Crippen molar-refractivity contribution in [2.75, 3.05) is 31.6 Å². The molecule has 1 saturated heterocycles. The number of halogens is 1. The molecule has 1 aliphatic carbocycles. The second kappa shape index (κ2) is 8.65. The molecule has 3 N–H and O–H groups in total. The van der Waals surface area contributed by atoms with Crippen LogP contribution >= 0.6 is 12.4 Å². The molecule has 0 spiro atoms. The van der Waals surface area contributed by atoms with E-state index in [1.54, 1.807) is 11.0 Å². The molecular formula is C18H26ClN3O3. The first-order valence-electron chi connectivity index (χ1n) is 8.58. The van der Waals surface area contributed by atoms with Crippen molar-refractivity contribution in [2.45, 2.75) is 32.2 Å². The monoisotopic (exact) mass is 367 g/mol. The number of nitrogens with zero attached hydrogens (tertiary/aromatic N) is 1. The molecule has 1 aromatic rings. The van der Waals surface area contributed by atoms with Gasteiger partial charge in [-0.05, 0) is 43.9 Å². The Morgan fingerprint density at radius 1 is 1.24 bits per heavy atom. The SMILES string of the molecule is Cc1ccc(C(=O)N2CCOCC2)cc1NC(=O)C1CCC(N)C1.Cl. The zero-order chi connectivity index (χ0) is 17.1. The average Bonchev–Trinajstić information content (AvgIpc) is 3.03. The van der Waals surface area contributed by atoms with E-state index in [9.17, 15) is 9.59 Å². The highest BCUT2D eigenvalue weighted by molar-refractivity contribution is 5.98. The van der Waals surface area contributed by atoms with Crippen LogP contribution in [0.3, 0.4) is 0 Å². The van der Waals surface area contributed by atoms with Crippen molar-refractivity contribution in [3.63, 3.8) is 0 Å². The van der Waals surface area contributed by atoms with Crippen molar-refractivity contribution < 1.29 is 14.3 Å². The molecule has 0 aromatic heterocycles. The van der Waals surface area contributed by atoms with E-state index in [0.29, 0.717) is 37.6 Å². The molecule has 2 amide bonds. The van der Waals surface area contributed by atoms with Crippen LogP contribution in [0.4, 0.5) is 5.69 Å². The van der Waals surface area contributed by atoms with Crippen LogP contribution < -0.4 is 11.1 Å². The number of rotatable bonds is 3. The molecule has 0 bridgehead atoms. The highest BCUT2D eigenvalue weighted by atomic mass is 35.5. The van der Waals surface area contributed by atoms with Gasteiger partial charge in [0.15, 0.2) is 0 Å². The third-order valence-corrected chi connectivity index (χ3v) is 4.88. The van der Waals surface area contributed by atoms with Gasteiger partial charge in [0.2, 0.25) is 5.91 Å². The van der Waals surface area contributed by atoms with Gasteiger partial charge >= 0.3 is 0 Å². The van der Waals surface area contributed by atoms with Gasteiger partial charge in [0.25, 0.3) is 5.91 Å². The van der Waals surface area contributed by atoms with Crippen LogP contribution in [0.5, 0.6) is 0 Å². The maximum atomic E-state index is 12.6. The zero-order valence-corrected chi connectivity index (χ0v) is 15.3. The summed E-state index contributed by atoms with van der Waals surface area (Å²) in [5, 5.41) is 2.98. The van der Waals surface area contributed by atoms with Gasteiger partial charge in [-0.3, -0.25) is 9.59 Å². The van der Waals surface area contributed by atoms with E-state index in [4.69, 9.17) is 10.5 Å². The standard InChI is InChI=1S/C18H25N3O3.ClH/c1-12-2-3-14(18(23)21-6-8-24-9-7-21)11-16(12)20-17(22)13-4-5-15(19)10-13;/h2-3,11,13,15H,4-10,19H2,1H3,(H,20,22);1H. The summed E-state index contributed by atoms with van der Waals surface area (Å²) in [6, 6.07) is 5.59. The first-order chi connectivity index (χ1) is 11.5. The average molecular weight is 368 g/mol. The number of benzene rings is 1. The molecular weight excluding hydrogens is 342 g/mol. The molecule has 7 heteroatoms. The fourth-order valence-electron chi connectivity index (χ4n) is 3.33. The number of carbonyl (C=O) groups is 2. The fraction of sp³-hybridized carbons (Fsp3) is 0.556. The molecule has 25 heavy (non-hydrogen) atoms. The van der Waals surface area contributed by atoms with Crippen LogP contribution in [0, 0.1) is 12.8 Å². The number of hydrogen-bond acceptors (Lipinski definition) is 4. The minimum atomic E-state index is -0.0296. The number of morpholine rings is 1. The summed E-state index contributed by atoms with van der Waals surface area (Å²) < 4.78 is 5.29. The third-order valence-electron chi connectivity index (χ3n) is 4.88. The number of nitrogens with two attached hydrogens (primary N) is 1. The summed E-state index contributed by atoms with van der Waals surface area (Å²) in [6.45, 7) is 4.29. The van der Waals surface area contributed by atoms with Gasteiger partial charge in [-0.2, -0.15) is 0 Å². The largest absolute Gasteiger partial charge is 0.378 e. The molecule has 2 atom stereocenters. The quantitative estimate of drug-likeness (QED) is 0.855. The summed E-state index contributed by atoms with van der Waals surface area (Å²) in [4.78, 5) is 26.8. The van der Waals surface area contributed by atoms with E-state index < -0.39 is 0 Å². The molecule has 138 valence electrons. The normalized spacial score (nSPS) is 23.0. The highest BCUT2D eigenvalue weighted by Gasteiger charge is 2.28. The Kier molecular flexibility index (Phi) is 6.81. The fourth-order valence-corrected chi connectivity index (χ4v) is 3.33. The van der Waals surface area contributed by atoms with E-state index >= 15 is 0 Å². The van der Waals surface area contributed by atoms with Crippen molar-refractivity contribution in [2.24, 2.45) is 11.7 Å². The van der Waals surface area contributed by atoms with Crippen LogP contribution in [0.2, 0.25) is 0 Å². The van der Waals surface area contributed by atoms with Crippen LogP contribution in [0.15, 0.2) is 18.2 Å². The summed E-state index contributed by atoms with van der Waals surface area (Å²) in [6.07, 6.45) is 2.46. The van der Waals surface area contributed by atoms with Crippen molar-refractivity contribution >= 4 is 29.9 Å². The molecule has 2 unspecified atom stereocenters. The summed E-state index contributed by atoms with van der Waals surface area (Å²) in [5.74, 6) is -0.0447. The lowest BCUT2D eigenvalue weighted by atomic mass is 10.1. The number of aryl methyl sites for hydroxylation is 1. The topological polar surface area (TPSA) is 84.7 Å². The minimum absolute atomic E-state index is 0. The third kappa shape index (κ3) is 4.71. The van der Waals surface area contributed by atoms with Crippen LogP contribution in [-0.4, -0.2) is 49.1 Å². The van der Waals surface area contributed by atoms with E-state index in [1.165, 1.54) is 0 Å². The van der Waals surface area contributed by atoms with Crippen molar-refractivity contribution in [3.8, 4) is 0 Å². The van der Waals surface area contributed by atoms with Gasteiger partial charge in [-0.1, -0.05) is 6.07 Å². The van der Waals surface area contributed by atoms with Crippen molar-refractivity contribution in [1.29, 1.82) is 0 Å². The second-order valence-electron chi connectivity index (χ2n) is 6.69. The molecule has 1 saturated carbocycles. The summed E-state index contributed by atoms with van der Waals surface area (Å²) in [5.41, 5.74) is 8.15. The van der Waals surface area contributed by atoms with Gasteiger partial charge in [-0.25, -0.2) is 0 Å². The number of anilines is 1. The highest BCUT2D eigenvalue weighted by Crippen LogP contribution is 2.26. The van der Waals surface area contributed by atoms with Crippen LogP contribution in [0.1, 0.15) is 35.2 Å². The van der Waals surface area contributed by atoms with Crippen LogP contribution in [-0.2, 0) is 9.53 Å². The Hall–Kier alpha value is -1.63. The molecule has 2 fully saturated rings. The lowest BCUT2D eigenvalue weighted by molar-refractivity contribution is -0.119. The molecule has 0 radical (unpaired) electrons. The Morgan fingerprint density at radius 3 is 2.60 bits per heavy atom.